The smallest absolute Gasteiger partial charge is 0.309 e. The Morgan fingerprint density at radius 1 is 1.29 bits per heavy atom. The minimum atomic E-state index is -4.05. The molecule has 0 spiro atoms. The lowest BCUT2D eigenvalue weighted by atomic mass is 10.1. The molecule has 0 bridgehead atoms. The molecule has 0 saturated carbocycles. The average molecular weight is 565 g/mol. The van der Waals surface area contributed by atoms with Crippen LogP contribution in [0.4, 0.5) is 0 Å². The van der Waals surface area contributed by atoms with Crippen LogP contribution in [0.5, 0.6) is 0 Å². The van der Waals surface area contributed by atoms with Gasteiger partial charge < -0.3 is 30.0 Å². The summed E-state index contributed by atoms with van der Waals surface area (Å²) in [6.45, 7) is 2.33. The van der Waals surface area contributed by atoms with E-state index in [9.17, 15) is 18.0 Å². The van der Waals surface area contributed by atoms with E-state index in [1.165, 1.54) is 15.3 Å². The number of amides is 2. The number of rotatable bonds is 7. The molecule has 14 heteroatoms. The summed E-state index contributed by atoms with van der Waals surface area (Å²) in [5.74, 6) is -0.316. The van der Waals surface area contributed by atoms with Gasteiger partial charge in [-0.3, -0.25) is 9.59 Å². The molecule has 2 aliphatic heterocycles. The minimum Gasteiger partial charge on any atom is -0.436 e. The fourth-order valence-electron chi connectivity index (χ4n) is 4.87. The van der Waals surface area contributed by atoms with Crippen molar-refractivity contribution in [3.63, 3.8) is 0 Å². The van der Waals surface area contributed by atoms with Gasteiger partial charge in [-0.05, 0) is 31.2 Å². The van der Waals surface area contributed by atoms with E-state index in [1.807, 2.05) is 6.92 Å². The molecule has 3 aromatic rings. The summed E-state index contributed by atoms with van der Waals surface area (Å²) in [7, 11) is -4.05. The lowest BCUT2D eigenvalue weighted by Crippen LogP contribution is -2.57. The Morgan fingerprint density at radius 3 is 2.89 bits per heavy atom. The van der Waals surface area contributed by atoms with Gasteiger partial charge in [0.1, 0.15) is 10.8 Å². The second kappa shape index (κ2) is 10.7. The highest BCUT2D eigenvalue weighted by Crippen LogP contribution is 2.28. The van der Waals surface area contributed by atoms with Gasteiger partial charge in [0.15, 0.2) is 0 Å². The number of aromatic nitrogens is 2. The van der Waals surface area contributed by atoms with Crippen LogP contribution < -0.4 is 10.6 Å². The standard InChI is InChI=1S/C24H29ClN6O6S/c1-14-8-19-20(12-27-14)37-23(29-19)24(34)30-5-6-31(17(13-30)11-21(33)26-4-7-32)38(35,36)22-10-15-9-16(25)2-3-18(15)28-22/h2-3,9-10,14,17,27-28,32H,4-8,11-13H2,1H3,(H,26,33). The van der Waals surface area contributed by atoms with Crippen LogP contribution in [0.15, 0.2) is 33.7 Å². The summed E-state index contributed by atoms with van der Waals surface area (Å²) in [5.41, 5.74) is 1.34. The summed E-state index contributed by atoms with van der Waals surface area (Å²) in [5, 5.41) is 16.0. The molecule has 204 valence electrons. The first kappa shape index (κ1) is 26.6. The number of nitrogens with one attached hydrogen (secondary N) is 3. The normalized spacial score (nSPS) is 20.4. The molecule has 5 rings (SSSR count). The number of nitrogens with zero attached hydrogens (tertiary/aromatic N) is 3. The summed E-state index contributed by atoms with van der Waals surface area (Å²) < 4.78 is 34.4. The maximum Gasteiger partial charge on any atom is 0.309 e. The first-order valence-corrected chi connectivity index (χ1v) is 14.2. The quantitative estimate of drug-likeness (QED) is 0.328. The number of carbonyl (C=O) groups excluding carboxylic acids is 2. The van der Waals surface area contributed by atoms with Crippen molar-refractivity contribution >= 4 is 44.3 Å². The van der Waals surface area contributed by atoms with Crippen LogP contribution in [0, 0.1) is 0 Å². The van der Waals surface area contributed by atoms with Gasteiger partial charge in [0.05, 0.1) is 24.9 Å². The van der Waals surface area contributed by atoms with Crippen molar-refractivity contribution in [1.82, 2.24) is 29.8 Å². The molecule has 4 N–H and O–H groups in total. The number of aliphatic hydroxyl groups excluding tert-OH is 1. The van der Waals surface area contributed by atoms with Gasteiger partial charge in [-0.2, -0.15) is 4.31 Å². The number of carbonyl (C=O) groups is 2. The Morgan fingerprint density at radius 2 is 2.11 bits per heavy atom. The number of oxazole rings is 1. The highest BCUT2D eigenvalue weighted by molar-refractivity contribution is 7.89. The van der Waals surface area contributed by atoms with Gasteiger partial charge in [0.2, 0.25) is 5.91 Å². The monoisotopic (exact) mass is 564 g/mol. The Hall–Kier alpha value is -2.97. The van der Waals surface area contributed by atoms with E-state index in [1.54, 1.807) is 18.2 Å². The summed E-state index contributed by atoms with van der Waals surface area (Å²) >= 11 is 6.06. The number of H-pyrrole nitrogens is 1. The number of hydrogen-bond donors (Lipinski definition) is 4. The fraction of sp³-hybridized carbons (Fsp3) is 0.458. The van der Waals surface area contributed by atoms with Crippen molar-refractivity contribution in [3.8, 4) is 0 Å². The van der Waals surface area contributed by atoms with Crippen LogP contribution in [0.2, 0.25) is 5.02 Å². The lowest BCUT2D eigenvalue weighted by molar-refractivity contribution is -0.122. The van der Waals surface area contributed by atoms with Crippen molar-refractivity contribution in [2.24, 2.45) is 0 Å². The number of halogens is 1. The largest absolute Gasteiger partial charge is 0.436 e. The van der Waals surface area contributed by atoms with Gasteiger partial charge in [-0.15, -0.1) is 0 Å². The van der Waals surface area contributed by atoms with E-state index < -0.39 is 27.9 Å². The molecule has 2 aromatic heterocycles. The third-order valence-electron chi connectivity index (χ3n) is 6.79. The van der Waals surface area contributed by atoms with E-state index in [0.29, 0.717) is 34.7 Å². The SMILES string of the molecule is CC1Cc2nc(C(=O)N3CCN(S(=O)(=O)c4cc5cc(Cl)ccc5[nH]4)C(CC(=O)NCCO)C3)oc2CN1. The molecule has 12 nitrogen and oxygen atoms in total. The number of fused-ring (bicyclic) bond motifs is 2. The van der Waals surface area contributed by atoms with Crippen molar-refractivity contribution in [3.05, 3.63) is 46.6 Å². The lowest BCUT2D eigenvalue weighted by Gasteiger charge is -2.39. The molecule has 2 aliphatic rings. The van der Waals surface area contributed by atoms with Gasteiger partial charge >= 0.3 is 5.91 Å². The summed E-state index contributed by atoms with van der Waals surface area (Å²) in [6.07, 6.45) is 0.445. The molecule has 38 heavy (non-hydrogen) atoms. The minimum absolute atomic E-state index is 0.0266. The maximum absolute atomic E-state index is 13.7. The van der Waals surface area contributed by atoms with Gasteiger partial charge in [-0.1, -0.05) is 11.6 Å². The zero-order chi connectivity index (χ0) is 27.0. The van der Waals surface area contributed by atoms with Crippen LogP contribution in [0.1, 0.15) is 35.5 Å². The maximum atomic E-state index is 13.7. The van der Waals surface area contributed by atoms with Gasteiger partial charge in [-0.25, -0.2) is 13.4 Å². The van der Waals surface area contributed by atoms with Gasteiger partial charge in [0, 0.05) is 61.0 Å². The summed E-state index contributed by atoms with van der Waals surface area (Å²) in [4.78, 5) is 34.7. The number of aliphatic hydroxyl groups is 1. The number of aromatic amines is 1. The molecule has 4 heterocycles. The van der Waals surface area contributed by atoms with Crippen molar-refractivity contribution in [2.75, 3.05) is 32.8 Å². The average Bonchev–Trinajstić information content (AvgIpc) is 3.51. The summed E-state index contributed by atoms with van der Waals surface area (Å²) in [6, 6.07) is 5.88. The molecular formula is C24H29ClN6O6S. The Bertz CT molecular complexity index is 1470. The number of sulfonamides is 1. The molecule has 0 radical (unpaired) electrons. The zero-order valence-corrected chi connectivity index (χ0v) is 22.3. The molecule has 2 unspecified atom stereocenters. The molecule has 2 amide bonds. The topological polar surface area (TPSA) is 161 Å². The number of hydrogen-bond acceptors (Lipinski definition) is 8. The first-order valence-electron chi connectivity index (χ1n) is 12.3. The van der Waals surface area contributed by atoms with Crippen LogP contribution >= 0.6 is 11.6 Å². The van der Waals surface area contributed by atoms with E-state index in [-0.39, 0.29) is 56.2 Å². The van der Waals surface area contributed by atoms with E-state index in [4.69, 9.17) is 21.1 Å². The predicted molar refractivity (Wildman–Crippen MR) is 138 cm³/mol. The Kier molecular flexibility index (Phi) is 7.47. The molecule has 2 atom stereocenters. The second-order valence-electron chi connectivity index (χ2n) is 9.54. The number of benzene rings is 1. The van der Waals surface area contributed by atoms with E-state index in [2.05, 4.69) is 20.6 Å². The van der Waals surface area contributed by atoms with E-state index in [0.717, 1.165) is 5.69 Å². The molecule has 1 aromatic carbocycles. The van der Waals surface area contributed by atoms with E-state index >= 15 is 0 Å². The van der Waals surface area contributed by atoms with Crippen molar-refractivity contribution < 1.29 is 27.5 Å². The molecular weight excluding hydrogens is 536 g/mol. The van der Waals surface area contributed by atoms with Gasteiger partial charge in [0.25, 0.3) is 15.9 Å². The van der Waals surface area contributed by atoms with Crippen LogP contribution in [-0.4, -0.2) is 89.4 Å². The molecule has 1 saturated heterocycles. The van der Waals surface area contributed by atoms with Crippen LogP contribution in [-0.2, 0) is 27.8 Å². The Balaban J connectivity index is 1.40. The second-order valence-corrected chi connectivity index (χ2v) is 11.8. The highest BCUT2D eigenvalue weighted by atomic mass is 35.5. The third-order valence-corrected chi connectivity index (χ3v) is 8.90. The Labute approximate surface area is 224 Å². The van der Waals surface area contributed by atoms with Crippen LogP contribution in [0.3, 0.4) is 0 Å². The van der Waals surface area contributed by atoms with Crippen LogP contribution in [0.25, 0.3) is 10.9 Å². The third kappa shape index (κ3) is 5.29. The van der Waals surface area contributed by atoms with Crippen molar-refractivity contribution in [1.29, 1.82) is 0 Å². The molecule has 0 aliphatic carbocycles. The molecule has 1 fully saturated rings. The fourth-order valence-corrected chi connectivity index (χ4v) is 6.67. The zero-order valence-electron chi connectivity index (χ0n) is 20.7. The number of piperazine rings is 1. The predicted octanol–water partition coefficient (Wildman–Crippen LogP) is 0.857. The highest BCUT2D eigenvalue weighted by Gasteiger charge is 2.40. The van der Waals surface area contributed by atoms with Crippen molar-refractivity contribution in [2.45, 2.75) is 43.4 Å². The first-order chi connectivity index (χ1) is 18.2.